The fourth-order valence-electron chi connectivity index (χ4n) is 2.78. The van der Waals surface area contributed by atoms with E-state index in [1.807, 2.05) is 0 Å². The van der Waals surface area contributed by atoms with Gasteiger partial charge in [-0.2, -0.15) is 13.2 Å². The van der Waals surface area contributed by atoms with Gasteiger partial charge in [0.15, 0.2) is 5.69 Å². The molecular weight excluding hydrogens is 339 g/mol. The van der Waals surface area contributed by atoms with E-state index in [2.05, 4.69) is 20.2 Å². The summed E-state index contributed by atoms with van der Waals surface area (Å²) < 4.78 is 43.0. The van der Waals surface area contributed by atoms with Crippen LogP contribution in [0.25, 0.3) is 0 Å². The second-order valence-corrected chi connectivity index (χ2v) is 5.73. The number of halogens is 3. The van der Waals surface area contributed by atoms with Crippen LogP contribution in [0, 0.1) is 0 Å². The number of nitrogens with one attached hydrogen (secondary N) is 1. The largest absolute Gasteiger partial charge is 0.480 e. The third kappa shape index (κ3) is 3.72. The van der Waals surface area contributed by atoms with Gasteiger partial charge in [0, 0.05) is 25.1 Å². The van der Waals surface area contributed by atoms with Crippen molar-refractivity contribution in [1.82, 2.24) is 25.1 Å². The lowest BCUT2D eigenvalue weighted by molar-refractivity contribution is -0.141. The van der Waals surface area contributed by atoms with E-state index in [4.69, 9.17) is 4.74 Å². The van der Waals surface area contributed by atoms with E-state index in [1.54, 1.807) is 4.90 Å². The zero-order valence-electron chi connectivity index (χ0n) is 13.4. The first-order valence-corrected chi connectivity index (χ1v) is 7.67. The summed E-state index contributed by atoms with van der Waals surface area (Å²) in [5.74, 6) is -0.0589. The Balaban J connectivity index is 1.72. The van der Waals surface area contributed by atoms with Crippen molar-refractivity contribution in [1.29, 1.82) is 0 Å². The second kappa shape index (κ2) is 6.69. The number of hydrogen-bond donors (Lipinski definition) is 1. The Bertz CT molecular complexity index is 744. The van der Waals surface area contributed by atoms with Crippen LogP contribution in [-0.4, -0.2) is 51.2 Å². The van der Waals surface area contributed by atoms with Crippen molar-refractivity contribution in [3.63, 3.8) is 0 Å². The minimum absolute atomic E-state index is 0.164. The highest BCUT2D eigenvalue weighted by Crippen LogP contribution is 2.31. The molecule has 134 valence electrons. The molecule has 1 N–H and O–H groups in total. The number of likely N-dealkylation sites (tertiary alicyclic amines) is 1. The maximum absolute atomic E-state index is 12.7. The van der Waals surface area contributed by atoms with Crippen LogP contribution in [-0.2, 0) is 6.18 Å². The lowest BCUT2D eigenvalue weighted by Crippen LogP contribution is -2.39. The van der Waals surface area contributed by atoms with E-state index in [0.29, 0.717) is 25.3 Å². The van der Waals surface area contributed by atoms with Crippen molar-refractivity contribution >= 4 is 5.91 Å². The van der Waals surface area contributed by atoms with Gasteiger partial charge in [-0.3, -0.25) is 4.79 Å². The van der Waals surface area contributed by atoms with Gasteiger partial charge in [0.1, 0.15) is 11.5 Å². The Morgan fingerprint density at radius 1 is 1.36 bits per heavy atom. The first kappa shape index (κ1) is 17.2. The van der Waals surface area contributed by atoms with Gasteiger partial charge in [0.25, 0.3) is 5.91 Å². The second-order valence-electron chi connectivity index (χ2n) is 5.73. The summed E-state index contributed by atoms with van der Waals surface area (Å²) in [6.07, 6.45) is -2.36. The predicted octanol–water partition coefficient (Wildman–Crippen LogP) is 2.25. The molecule has 1 fully saturated rings. The molecule has 0 aromatic carbocycles. The van der Waals surface area contributed by atoms with Gasteiger partial charge in [0.2, 0.25) is 5.88 Å². The maximum atomic E-state index is 12.7. The monoisotopic (exact) mass is 355 g/mol. The fourth-order valence-corrected chi connectivity index (χ4v) is 2.78. The van der Waals surface area contributed by atoms with Crippen LogP contribution < -0.4 is 4.74 Å². The van der Waals surface area contributed by atoms with E-state index < -0.39 is 11.9 Å². The number of amides is 1. The van der Waals surface area contributed by atoms with Gasteiger partial charge in [-0.25, -0.2) is 4.98 Å². The average molecular weight is 355 g/mol. The number of H-pyrrole nitrogens is 1. The van der Waals surface area contributed by atoms with Crippen molar-refractivity contribution in [3.05, 3.63) is 35.5 Å². The quantitative estimate of drug-likeness (QED) is 0.913. The van der Waals surface area contributed by atoms with Gasteiger partial charge in [0.05, 0.1) is 13.3 Å². The summed E-state index contributed by atoms with van der Waals surface area (Å²) >= 11 is 0. The van der Waals surface area contributed by atoms with Gasteiger partial charge < -0.3 is 14.6 Å². The summed E-state index contributed by atoms with van der Waals surface area (Å²) in [6.45, 7) is 0.785. The Kier molecular flexibility index (Phi) is 4.60. The van der Waals surface area contributed by atoms with Gasteiger partial charge in [-0.1, -0.05) is 0 Å². The molecule has 1 aliphatic rings. The molecule has 0 spiro atoms. The number of ether oxygens (including phenoxy) is 1. The molecule has 3 heterocycles. The number of carbonyl (C=O) groups is 1. The average Bonchev–Trinajstić information content (AvgIpc) is 3.12. The molecule has 7 nitrogen and oxygen atoms in total. The first-order chi connectivity index (χ1) is 11.9. The topological polar surface area (TPSA) is 84.0 Å². The molecule has 25 heavy (non-hydrogen) atoms. The standard InChI is InChI=1S/C15H16F3N5O2/c1-25-12-5-4-10(21-22-12)14(24)23-6-2-3-9(8-23)13-19-7-11(20-13)15(16,17)18/h4-5,7,9H,2-3,6,8H2,1H3,(H,19,20)/t9-/m0/s1. The van der Waals surface area contributed by atoms with E-state index in [-0.39, 0.29) is 29.9 Å². The first-order valence-electron chi connectivity index (χ1n) is 7.67. The maximum Gasteiger partial charge on any atom is 0.432 e. The molecule has 2 aromatic rings. The minimum atomic E-state index is -4.46. The van der Waals surface area contributed by atoms with Crippen LogP contribution >= 0.6 is 0 Å². The summed E-state index contributed by atoms with van der Waals surface area (Å²) in [5.41, 5.74) is -0.719. The normalized spacial score (nSPS) is 18.2. The number of aromatic nitrogens is 4. The summed E-state index contributed by atoms with van der Waals surface area (Å²) in [6, 6.07) is 3.04. The third-order valence-corrected chi connectivity index (χ3v) is 4.06. The Labute approximate surface area is 141 Å². The van der Waals surface area contributed by atoms with Crippen LogP contribution in [0.2, 0.25) is 0 Å². The summed E-state index contributed by atoms with van der Waals surface area (Å²) in [7, 11) is 1.44. The Hall–Kier alpha value is -2.65. The number of aromatic amines is 1. The smallest absolute Gasteiger partial charge is 0.432 e. The number of methoxy groups -OCH3 is 1. The summed E-state index contributed by atoms with van der Waals surface area (Å²) in [5, 5.41) is 7.58. The lowest BCUT2D eigenvalue weighted by atomic mass is 9.97. The molecule has 1 atom stereocenters. The number of alkyl halides is 3. The zero-order valence-corrected chi connectivity index (χ0v) is 13.4. The van der Waals surface area contributed by atoms with Gasteiger partial charge in [-0.05, 0) is 18.9 Å². The highest BCUT2D eigenvalue weighted by atomic mass is 19.4. The zero-order chi connectivity index (χ0) is 18.0. The molecule has 0 aliphatic carbocycles. The van der Waals surface area contributed by atoms with E-state index in [1.165, 1.54) is 19.2 Å². The highest BCUT2D eigenvalue weighted by Gasteiger charge is 2.35. The molecule has 10 heteroatoms. The number of imidazole rings is 1. The predicted molar refractivity (Wildman–Crippen MR) is 80.1 cm³/mol. The van der Waals surface area contributed by atoms with Crippen molar-refractivity contribution in [2.24, 2.45) is 0 Å². The molecule has 2 aromatic heterocycles. The van der Waals surface area contributed by atoms with Crippen molar-refractivity contribution < 1.29 is 22.7 Å². The highest BCUT2D eigenvalue weighted by molar-refractivity contribution is 5.92. The molecule has 3 rings (SSSR count). The van der Waals surface area contributed by atoms with Crippen molar-refractivity contribution in [2.45, 2.75) is 24.9 Å². The molecule has 0 unspecified atom stereocenters. The van der Waals surface area contributed by atoms with Gasteiger partial charge >= 0.3 is 6.18 Å². The minimum Gasteiger partial charge on any atom is -0.480 e. The Morgan fingerprint density at radius 2 is 2.16 bits per heavy atom. The number of nitrogens with zero attached hydrogens (tertiary/aromatic N) is 4. The molecule has 1 aliphatic heterocycles. The molecule has 0 bridgehead atoms. The van der Waals surface area contributed by atoms with Crippen LogP contribution in [0.15, 0.2) is 18.3 Å². The van der Waals surface area contributed by atoms with Crippen LogP contribution in [0.3, 0.4) is 0 Å². The lowest BCUT2D eigenvalue weighted by Gasteiger charge is -2.31. The number of rotatable bonds is 3. The van der Waals surface area contributed by atoms with E-state index in [9.17, 15) is 18.0 Å². The molecule has 0 radical (unpaired) electrons. The van der Waals surface area contributed by atoms with Crippen LogP contribution in [0.4, 0.5) is 13.2 Å². The Morgan fingerprint density at radius 3 is 2.76 bits per heavy atom. The fraction of sp³-hybridized carbons (Fsp3) is 0.467. The number of piperidine rings is 1. The SMILES string of the molecule is COc1ccc(C(=O)N2CCC[C@H](c3ncc(C(F)(F)F)[nH]3)C2)nn1. The molecular formula is C15H16F3N5O2. The summed E-state index contributed by atoms with van der Waals surface area (Å²) in [4.78, 5) is 20.2. The van der Waals surface area contributed by atoms with Crippen molar-refractivity contribution in [3.8, 4) is 5.88 Å². The number of hydrogen-bond acceptors (Lipinski definition) is 5. The van der Waals surface area contributed by atoms with E-state index in [0.717, 1.165) is 6.20 Å². The van der Waals surface area contributed by atoms with Crippen molar-refractivity contribution in [2.75, 3.05) is 20.2 Å². The molecule has 1 amide bonds. The third-order valence-electron chi connectivity index (χ3n) is 4.06. The van der Waals surface area contributed by atoms with Crippen LogP contribution in [0.1, 0.15) is 40.8 Å². The van der Waals surface area contributed by atoms with Crippen LogP contribution in [0.5, 0.6) is 5.88 Å². The van der Waals surface area contributed by atoms with E-state index >= 15 is 0 Å². The molecule has 1 saturated heterocycles. The molecule has 0 saturated carbocycles. The van der Waals surface area contributed by atoms with Gasteiger partial charge in [-0.15, -0.1) is 10.2 Å². The number of carbonyl (C=O) groups excluding carboxylic acids is 1.